The summed E-state index contributed by atoms with van der Waals surface area (Å²) in [4.78, 5) is 10.7. The Bertz CT molecular complexity index is 1110. The minimum atomic E-state index is 0.0412. The van der Waals surface area contributed by atoms with Crippen molar-refractivity contribution in [3.8, 4) is 17.2 Å². The third-order valence-electron chi connectivity index (χ3n) is 4.46. The lowest BCUT2D eigenvalue weighted by Crippen LogP contribution is -1.98. The summed E-state index contributed by atoms with van der Waals surface area (Å²) in [5, 5.41) is 10.7. The van der Waals surface area contributed by atoms with E-state index in [0.717, 1.165) is 28.5 Å². The minimum Gasteiger partial charge on any atom is -0.508 e. The van der Waals surface area contributed by atoms with Gasteiger partial charge in [0.2, 0.25) is 0 Å². The molecule has 29 heavy (non-hydrogen) atoms. The van der Waals surface area contributed by atoms with E-state index in [0.29, 0.717) is 30.3 Å². The number of aromatic hydroxyl groups is 1. The van der Waals surface area contributed by atoms with E-state index in [1.807, 2.05) is 54.6 Å². The van der Waals surface area contributed by atoms with Crippen LogP contribution in [0.25, 0.3) is 11.0 Å². The average Bonchev–Trinajstić information content (AvgIpc) is 3.14. The van der Waals surface area contributed by atoms with Crippen LogP contribution in [0.5, 0.6) is 17.2 Å². The Morgan fingerprint density at radius 3 is 2.48 bits per heavy atom. The molecule has 3 aromatic carbocycles. The van der Waals surface area contributed by atoms with Gasteiger partial charge in [-0.05, 0) is 29.3 Å². The average molecular weight is 388 g/mol. The molecule has 1 aromatic heterocycles. The van der Waals surface area contributed by atoms with E-state index >= 15 is 0 Å². The fourth-order valence-electron chi connectivity index (χ4n) is 3.07. The van der Waals surface area contributed by atoms with Gasteiger partial charge in [0.15, 0.2) is 0 Å². The third kappa shape index (κ3) is 4.58. The summed E-state index contributed by atoms with van der Waals surface area (Å²) >= 11 is 0. The zero-order chi connectivity index (χ0) is 20.1. The zero-order valence-electron chi connectivity index (χ0n) is 15.7. The van der Waals surface area contributed by atoms with Crippen molar-refractivity contribution in [2.75, 3.05) is 0 Å². The Morgan fingerprint density at radius 2 is 1.66 bits per heavy atom. The first-order valence-corrected chi connectivity index (χ1v) is 9.29. The molecule has 0 amide bonds. The number of fused-ring (bicyclic) bond motifs is 1. The van der Waals surface area contributed by atoms with Gasteiger partial charge in [-0.25, -0.2) is 0 Å². The monoisotopic (exact) mass is 388 g/mol. The predicted octanol–water partition coefficient (Wildman–Crippen LogP) is 5.04. The Hall–Kier alpha value is -3.73. The van der Waals surface area contributed by atoms with Gasteiger partial charge in [-0.1, -0.05) is 42.5 Å². The van der Waals surface area contributed by atoms with Gasteiger partial charge in [0.25, 0.3) is 0 Å². The number of rotatable bonds is 8. The van der Waals surface area contributed by atoms with Crippen molar-refractivity contribution in [3.05, 3.63) is 89.7 Å². The fraction of sp³-hybridized carbons (Fsp3) is 0.125. The molecule has 0 saturated heterocycles. The molecule has 0 spiro atoms. The molecular weight excluding hydrogens is 368 g/mol. The number of hydrogen-bond donors (Lipinski definition) is 1. The molecule has 1 heterocycles. The smallest absolute Gasteiger partial charge is 0.141 e. The number of hydrogen-bond acceptors (Lipinski definition) is 5. The number of benzene rings is 3. The van der Waals surface area contributed by atoms with Crippen LogP contribution in [-0.4, -0.2) is 11.4 Å². The lowest BCUT2D eigenvalue weighted by atomic mass is 10.2. The number of ether oxygens (including phenoxy) is 2. The first kappa shape index (κ1) is 18.6. The Morgan fingerprint density at radius 1 is 0.862 bits per heavy atom. The van der Waals surface area contributed by atoms with Crippen molar-refractivity contribution >= 4 is 17.3 Å². The zero-order valence-corrected chi connectivity index (χ0v) is 15.7. The molecule has 1 N–H and O–H groups in total. The first-order valence-electron chi connectivity index (χ1n) is 9.29. The molecule has 4 rings (SSSR count). The summed E-state index contributed by atoms with van der Waals surface area (Å²) in [6, 6.07) is 22.5. The maximum atomic E-state index is 10.7. The molecule has 0 bridgehead atoms. The van der Waals surface area contributed by atoms with Gasteiger partial charge in [0, 0.05) is 12.1 Å². The second-order valence-electron chi connectivity index (χ2n) is 6.65. The van der Waals surface area contributed by atoms with Crippen LogP contribution in [0, 0.1) is 0 Å². The topological polar surface area (TPSA) is 68.9 Å². The number of carbonyl (C=O) groups is 1. The molecule has 5 nitrogen and oxygen atoms in total. The van der Waals surface area contributed by atoms with Crippen molar-refractivity contribution in [2.24, 2.45) is 0 Å². The highest BCUT2D eigenvalue weighted by molar-refractivity contribution is 5.86. The van der Waals surface area contributed by atoms with Gasteiger partial charge in [-0.15, -0.1) is 0 Å². The van der Waals surface area contributed by atoms with Crippen LogP contribution in [0.1, 0.15) is 16.9 Å². The molecule has 0 radical (unpaired) electrons. The lowest BCUT2D eigenvalue weighted by Gasteiger charge is -2.10. The first-order chi connectivity index (χ1) is 14.2. The van der Waals surface area contributed by atoms with Crippen LogP contribution >= 0.6 is 0 Å². The van der Waals surface area contributed by atoms with Gasteiger partial charge < -0.3 is 23.8 Å². The highest BCUT2D eigenvalue weighted by Crippen LogP contribution is 2.34. The molecule has 0 aliphatic carbocycles. The van der Waals surface area contributed by atoms with Gasteiger partial charge in [-0.2, -0.15) is 0 Å². The number of carbonyl (C=O) groups excluding carboxylic acids is 1. The van der Waals surface area contributed by atoms with E-state index in [1.165, 1.54) is 12.1 Å². The molecule has 0 fully saturated rings. The summed E-state index contributed by atoms with van der Waals surface area (Å²) in [7, 11) is 0. The Kier molecular flexibility index (Phi) is 5.47. The normalized spacial score (nSPS) is 10.8. The highest BCUT2D eigenvalue weighted by Gasteiger charge is 2.12. The molecular formula is C24H20O5. The largest absolute Gasteiger partial charge is 0.508 e. The molecule has 0 aliphatic rings. The van der Waals surface area contributed by atoms with Crippen molar-refractivity contribution < 1.29 is 23.8 Å². The molecule has 0 unspecified atom stereocenters. The summed E-state index contributed by atoms with van der Waals surface area (Å²) in [5.74, 6) is 1.82. The van der Waals surface area contributed by atoms with Crippen molar-refractivity contribution in [1.29, 1.82) is 0 Å². The Labute approximate surface area is 168 Å². The quantitative estimate of drug-likeness (QED) is 0.428. The van der Waals surface area contributed by atoms with Crippen LogP contribution in [0.4, 0.5) is 0 Å². The third-order valence-corrected chi connectivity index (χ3v) is 4.46. The second-order valence-corrected chi connectivity index (χ2v) is 6.65. The van der Waals surface area contributed by atoms with E-state index < -0.39 is 0 Å². The standard InChI is InChI=1S/C24H20O5/c25-10-9-21-14-22-23(12-19(26)13-24(22)29-21)28-16-18-7-4-8-20(11-18)27-15-17-5-2-1-3-6-17/h1-8,10-14,26H,9,15-16H2. The van der Waals surface area contributed by atoms with Crippen LogP contribution in [0.3, 0.4) is 0 Å². The molecule has 146 valence electrons. The maximum absolute atomic E-state index is 10.7. The van der Waals surface area contributed by atoms with Gasteiger partial charge >= 0.3 is 0 Å². The van der Waals surface area contributed by atoms with Crippen molar-refractivity contribution in [3.63, 3.8) is 0 Å². The predicted molar refractivity (Wildman–Crippen MR) is 109 cm³/mol. The van der Waals surface area contributed by atoms with Crippen LogP contribution in [0.2, 0.25) is 0 Å². The minimum absolute atomic E-state index is 0.0412. The molecule has 4 aromatic rings. The van der Waals surface area contributed by atoms with Crippen LogP contribution < -0.4 is 9.47 Å². The van der Waals surface area contributed by atoms with Crippen LogP contribution in [-0.2, 0) is 24.4 Å². The summed E-state index contributed by atoms with van der Waals surface area (Å²) in [5.41, 5.74) is 2.52. The molecule has 5 heteroatoms. The van der Waals surface area contributed by atoms with Crippen molar-refractivity contribution in [2.45, 2.75) is 19.6 Å². The maximum Gasteiger partial charge on any atom is 0.141 e. The van der Waals surface area contributed by atoms with E-state index in [4.69, 9.17) is 13.9 Å². The van der Waals surface area contributed by atoms with Crippen LogP contribution in [0.15, 0.2) is 77.2 Å². The van der Waals surface area contributed by atoms with Gasteiger partial charge in [0.05, 0.1) is 11.8 Å². The van der Waals surface area contributed by atoms with E-state index in [9.17, 15) is 9.90 Å². The number of aldehydes is 1. The summed E-state index contributed by atoms with van der Waals surface area (Å²) in [6.07, 6.45) is 0.953. The lowest BCUT2D eigenvalue weighted by molar-refractivity contribution is -0.107. The highest BCUT2D eigenvalue weighted by atomic mass is 16.5. The summed E-state index contributed by atoms with van der Waals surface area (Å²) < 4.78 is 17.4. The number of phenolic OH excluding ortho intramolecular Hbond substituents is 1. The van der Waals surface area contributed by atoms with Crippen molar-refractivity contribution in [1.82, 2.24) is 0 Å². The summed E-state index contributed by atoms with van der Waals surface area (Å²) in [6.45, 7) is 0.794. The van der Waals surface area contributed by atoms with Gasteiger partial charge in [0.1, 0.15) is 48.1 Å². The fourth-order valence-corrected chi connectivity index (χ4v) is 3.07. The van der Waals surface area contributed by atoms with E-state index in [2.05, 4.69) is 0 Å². The second kappa shape index (κ2) is 8.52. The Balaban J connectivity index is 1.47. The van der Waals surface area contributed by atoms with E-state index in [1.54, 1.807) is 6.07 Å². The van der Waals surface area contributed by atoms with E-state index in [-0.39, 0.29) is 12.2 Å². The SMILES string of the molecule is O=CCc1cc2c(OCc3cccc(OCc4ccccc4)c3)cc(O)cc2o1. The van der Waals surface area contributed by atoms with Gasteiger partial charge in [-0.3, -0.25) is 0 Å². The number of phenols is 1. The molecule has 0 aliphatic heterocycles. The molecule has 0 saturated carbocycles. The molecule has 0 atom stereocenters. The number of furan rings is 1.